The van der Waals surface area contributed by atoms with Gasteiger partial charge in [-0.2, -0.15) is 5.26 Å². The van der Waals surface area contributed by atoms with E-state index in [1.807, 2.05) is 18.2 Å². The molecule has 2 nitrogen and oxygen atoms in total. The van der Waals surface area contributed by atoms with Gasteiger partial charge in [0.2, 0.25) is 0 Å². The Morgan fingerprint density at radius 3 is 2.86 bits per heavy atom. The molecule has 1 atom stereocenters. The highest BCUT2D eigenvalue weighted by atomic mass is 32.1. The van der Waals surface area contributed by atoms with Crippen molar-refractivity contribution in [2.45, 2.75) is 32.6 Å². The summed E-state index contributed by atoms with van der Waals surface area (Å²) in [5, 5.41) is 12.5. The summed E-state index contributed by atoms with van der Waals surface area (Å²) in [5.74, 6) is 0.686. The van der Waals surface area contributed by atoms with Gasteiger partial charge in [-0.25, -0.2) is 4.98 Å². The molecule has 1 aliphatic rings. The summed E-state index contributed by atoms with van der Waals surface area (Å²) in [4.78, 5) is 4.69. The van der Waals surface area contributed by atoms with E-state index in [9.17, 15) is 5.26 Å². The Balaban J connectivity index is 1.95. The zero-order chi connectivity index (χ0) is 14.7. The zero-order valence-electron chi connectivity index (χ0n) is 12.2. The molecule has 2 aromatic rings. The van der Waals surface area contributed by atoms with Gasteiger partial charge in [-0.1, -0.05) is 43.7 Å². The summed E-state index contributed by atoms with van der Waals surface area (Å²) in [7, 11) is 0. The topological polar surface area (TPSA) is 36.7 Å². The minimum atomic E-state index is 0.686. The van der Waals surface area contributed by atoms with Gasteiger partial charge in [0.15, 0.2) is 0 Å². The molecule has 1 aliphatic carbocycles. The van der Waals surface area contributed by atoms with E-state index in [0.29, 0.717) is 5.92 Å². The van der Waals surface area contributed by atoms with Crippen LogP contribution in [-0.2, 0) is 0 Å². The van der Waals surface area contributed by atoms with E-state index in [-0.39, 0.29) is 0 Å². The second-order valence-electron chi connectivity index (χ2n) is 5.70. The summed E-state index contributed by atoms with van der Waals surface area (Å²) in [6.07, 6.45) is 4.56. The van der Waals surface area contributed by atoms with Crippen LogP contribution in [0.2, 0.25) is 0 Å². The van der Waals surface area contributed by atoms with Gasteiger partial charge >= 0.3 is 0 Å². The first kappa shape index (κ1) is 14.0. The van der Waals surface area contributed by atoms with Crippen molar-refractivity contribution in [1.82, 2.24) is 4.98 Å². The van der Waals surface area contributed by atoms with Gasteiger partial charge in [-0.15, -0.1) is 11.3 Å². The van der Waals surface area contributed by atoms with Crippen molar-refractivity contribution < 1.29 is 0 Å². The van der Waals surface area contributed by atoms with Gasteiger partial charge in [0.1, 0.15) is 11.1 Å². The molecule has 106 valence electrons. The number of hydrogen-bond acceptors (Lipinski definition) is 3. The summed E-state index contributed by atoms with van der Waals surface area (Å²) < 4.78 is 0. The standard InChI is InChI=1S/C18H18N2S/c1-13-6-5-9-15(10-13)16(11-19)18-20-17(12-21-18)14-7-3-2-4-8-14/h2-4,7-8,12-13H,5-6,9-10H2,1H3. The highest BCUT2D eigenvalue weighted by Crippen LogP contribution is 2.35. The van der Waals surface area contributed by atoms with Crippen LogP contribution < -0.4 is 0 Å². The number of rotatable bonds is 2. The van der Waals surface area contributed by atoms with Crippen LogP contribution in [0, 0.1) is 17.2 Å². The molecule has 1 fully saturated rings. The molecule has 3 rings (SSSR count). The van der Waals surface area contributed by atoms with E-state index in [4.69, 9.17) is 4.98 Å². The van der Waals surface area contributed by atoms with Crippen LogP contribution in [0.25, 0.3) is 16.8 Å². The smallest absolute Gasteiger partial charge is 0.134 e. The monoisotopic (exact) mass is 294 g/mol. The van der Waals surface area contributed by atoms with Gasteiger partial charge in [-0.3, -0.25) is 0 Å². The maximum atomic E-state index is 9.56. The number of aromatic nitrogens is 1. The van der Waals surface area contributed by atoms with Crippen molar-refractivity contribution >= 4 is 16.9 Å². The van der Waals surface area contributed by atoms with Crippen LogP contribution in [0.4, 0.5) is 0 Å². The summed E-state index contributed by atoms with van der Waals surface area (Å²) in [6.45, 7) is 2.27. The van der Waals surface area contributed by atoms with E-state index in [0.717, 1.165) is 34.7 Å². The number of nitriles is 1. The Kier molecular flexibility index (Phi) is 4.17. The van der Waals surface area contributed by atoms with E-state index in [2.05, 4.69) is 30.5 Å². The number of thiazole rings is 1. The predicted octanol–water partition coefficient (Wildman–Crippen LogP) is 5.30. The minimum absolute atomic E-state index is 0.686. The molecule has 21 heavy (non-hydrogen) atoms. The van der Waals surface area contributed by atoms with Crippen molar-refractivity contribution in [3.8, 4) is 17.3 Å². The van der Waals surface area contributed by atoms with Crippen LogP contribution in [0.5, 0.6) is 0 Å². The second kappa shape index (κ2) is 6.24. The first-order valence-electron chi connectivity index (χ1n) is 7.41. The highest BCUT2D eigenvalue weighted by molar-refractivity contribution is 7.11. The predicted molar refractivity (Wildman–Crippen MR) is 87.7 cm³/mol. The van der Waals surface area contributed by atoms with E-state index >= 15 is 0 Å². The maximum absolute atomic E-state index is 9.56. The van der Waals surface area contributed by atoms with Crippen molar-refractivity contribution in [3.63, 3.8) is 0 Å². The Hall–Kier alpha value is -1.92. The minimum Gasteiger partial charge on any atom is -0.235 e. The lowest BCUT2D eigenvalue weighted by Crippen LogP contribution is -2.06. The Bertz CT molecular complexity index is 692. The van der Waals surface area contributed by atoms with Crippen LogP contribution >= 0.6 is 11.3 Å². The molecule has 0 radical (unpaired) electrons. The molecule has 3 heteroatoms. The maximum Gasteiger partial charge on any atom is 0.134 e. The van der Waals surface area contributed by atoms with Crippen molar-refractivity contribution in [1.29, 1.82) is 5.26 Å². The highest BCUT2D eigenvalue weighted by Gasteiger charge is 2.19. The van der Waals surface area contributed by atoms with Crippen molar-refractivity contribution in [3.05, 3.63) is 46.3 Å². The quantitative estimate of drug-likeness (QED) is 0.705. The molecule has 1 heterocycles. The van der Waals surface area contributed by atoms with Gasteiger partial charge in [0.25, 0.3) is 0 Å². The number of allylic oxidation sites excluding steroid dienone is 2. The second-order valence-corrected chi connectivity index (χ2v) is 6.55. The molecule has 0 bridgehead atoms. The molecule has 0 saturated heterocycles. The fraction of sp³-hybridized carbons (Fsp3) is 0.333. The first-order valence-corrected chi connectivity index (χ1v) is 8.29. The van der Waals surface area contributed by atoms with E-state index in [1.165, 1.54) is 18.4 Å². The lowest BCUT2D eigenvalue weighted by atomic mass is 9.84. The van der Waals surface area contributed by atoms with Crippen LogP contribution in [0.3, 0.4) is 0 Å². The lowest BCUT2D eigenvalue weighted by Gasteiger charge is -2.21. The van der Waals surface area contributed by atoms with Crippen LogP contribution in [-0.4, -0.2) is 4.98 Å². The van der Waals surface area contributed by atoms with Crippen LogP contribution in [0.15, 0.2) is 41.3 Å². The van der Waals surface area contributed by atoms with Crippen molar-refractivity contribution in [2.75, 3.05) is 0 Å². The number of hydrogen-bond donors (Lipinski definition) is 0. The molecule has 1 saturated carbocycles. The molecule has 0 aliphatic heterocycles. The molecule has 1 aromatic carbocycles. The van der Waals surface area contributed by atoms with Gasteiger partial charge in [-0.05, 0) is 30.8 Å². The van der Waals surface area contributed by atoms with E-state index in [1.54, 1.807) is 11.3 Å². The third kappa shape index (κ3) is 3.06. The van der Waals surface area contributed by atoms with Gasteiger partial charge in [0.05, 0.1) is 11.3 Å². The molecular formula is C18H18N2S. The number of benzene rings is 1. The average Bonchev–Trinajstić information content (AvgIpc) is 2.99. The Morgan fingerprint density at radius 2 is 2.14 bits per heavy atom. The molecule has 0 spiro atoms. The summed E-state index contributed by atoms with van der Waals surface area (Å²) in [6, 6.07) is 12.5. The third-order valence-corrected chi connectivity index (χ3v) is 4.88. The Labute approximate surface area is 129 Å². The summed E-state index contributed by atoms with van der Waals surface area (Å²) in [5.41, 5.74) is 4.19. The molecule has 1 unspecified atom stereocenters. The molecule has 0 amide bonds. The Morgan fingerprint density at radius 1 is 1.33 bits per heavy atom. The fourth-order valence-corrected chi connectivity index (χ4v) is 3.79. The van der Waals surface area contributed by atoms with E-state index < -0.39 is 0 Å². The van der Waals surface area contributed by atoms with Crippen LogP contribution in [0.1, 0.15) is 37.6 Å². The van der Waals surface area contributed by atoms with Gasteiger partial charge < -0.3 is 0 Å². The molecule has 1 aromatic heterocycles. The fourth-order valence-electron chi connectivity index (χ4n) is 2.92. The molecular weight excluding hydrogens is 276 g/mol. The normalized spacial score (nSPS) is 20.9. The largest absolute Gasteiger partial charge is 0.235 e. The first-order chi connectivity index (χ1) is 10.3. The molecule has 0 N–H and O–H groups in total. The lowest BCUT2D eigenvalue weighted by molar-refractivity contribution is 0.454. The van der Waals surface area contributed by atoms with Crippen molar-refractivity contribution in [2.24, 2.45) is 5.92 Å². The van der Waals surface area contributed by atoms with Gasteiger partial charge in [0, 0.05) is 10.9 Å². The SMILES string of the molecule is CC1CCCC(=C(C#N)c2nc(-c3ccccc3)cs2)C1. The average molecular weight is 294 g/mol. The zero-order valence-corrected chi connectivity index (χ0v) is 13.0. The number of nitrogens with zero attached hydrogens (tertiary/aromatic N) is 2. The summed E-state index contributed by atoms with van der Waals surface area (Å²) >= 11 is 1.58. The third-order valence-electron chi connectivity index (χ3n) is 4.02.